The number of nitrogen functional groups attached to an aromatic ring is 1. The first-order valence-electron chi connectivity index (χ1n) is 5.55. The van der Waals surface area contributed by atoms with Crippen LogP contribution < -0.4 is 10.5 Å². The molecule has 100 valence electrons. The molecule has 2 N–H and O–H groups in total. The third kappa shape index (κ3) is 2.65. The van der Waals surface area contributed by atoms with Crippen LogP contribution in [0.5, 0.6) is 5.75 Å². The van der Waals surface area contributed by atoms with Crippen molar-refractivity contribution in [1.29, 1.82) is 0 Å². The molecule has 1 aromatic carbocycles. The average molecular weight is 262 g/mol. The van der Waals surface area contributed by atoms with Crippen LogP contribution in [-0.4, -0.2) is 35.0 Å². The van der Waals surface area contributed by atoms with Crippen molar-refractivity contribution in [3.05, 3.63) is 35.7 Å². The number of hydrogen-bond donors (Lipinski definition) is 1. The second kappa shape index (κ2) is 5.38. The smallest absolute Gasteiger partial charge is 0.376 e. The first-order valence-corrected chi connectivity index (χ1v) is 5.55. The van der Waals surface area contributed by atoms with Crippen molar-refractivity contribution in [3.63, 3.8) is 0 Å². The lowest BCUT2D eigenvalue weighted by molar-refractivity contribution is 0.0581. The lowest BCUT2D eigenvalue weighted by Gasteiger charge is -2.07. The van der Waals surface area contributed by atoms with E-state index >= 15 is 0 Å². The minimum absolute atomic E-state index is 0.0795. The largest absolute Gasteiger partial charge is 0.497 e. The molecule has 0 spiro atoms. The number of ether oxygens (including phenoxy) is 2. The summed E-state index contributed by atoms with van der Waals surface area (Å²) in [5.41, 5.74) is 6.64. The normalized spacial score (nSPS) is 10.2. The molecule has 0 aliphatic heterocycles. The van der Waals surface area contributed by atoms with Gasteiger partial charge in [0, 0.05) is 0 Å². The van der Waals surface area contributed by atoms with Crippen molar-refractivity contribution in [1.82, 2.24) is 14.8 Å². The Morgan fingerprint density at radius 3 is 2.53 bits per heavy atom. The quantitative estimate of drug-likeness (QED) is 0.815. The maximum atomic E-state index is 11.5. The first kappa shape index (κ1) is 12.9. The van der Waals surface area contributed by atoms with E-state index in [0.29, 0.717) is 6.54 Å². The van der Waals surface area contributed by atoms with Gasteiger partial charge < -0.3 is 15.2 Å². The molecular weight excluding hydrogens is 248 g/mol. The second-order valence-corrected chi connectivity index (χ2v) is 3.81. The lowest BCUT2D eigenvalue weighted by atomic mass is 10.2. The summed E-state index contributed by atoms with van der Waals surface area (Å²) >= 11 is 0. The van der Waals surface area contributed by atoms with Gasteiger partial charge in [-0.05, 0) is 17.7 Å². The summed E-state index contributed by atoms with van der Waals surface area (Å²) in [7, 11) is 2.88. The highest BCUT2D eigenvalue weighted by molar-refractivity contribution is 5.85. The molecule has 0 aliphatic carbocycles. The van der Waals surface area contributed by atoms with Gasteiger partial charge >= 0.3 is 5.97 Å². The van der Waals surface area contributed by atoms with Crippen molar-refractivity contribution < 1.29 is 14.3 Å². The predicted molar refractivity (Wildman–Crippen MR) is 67.9 cm³/mol. The van der Waals surface area contributed by atoms with Crippen molar-refractivity contribution in [3.8, 4) is 5.75 Å². The van der Waals surface area contributed by atoms with Crippen LogP contribution in [0.15, 0.2) is 24.3 Å². The third-order valence-electron chi connectivity index (χ3n) is 2.65. The molecule has 7 heteroatoms. The number of rotatable bonds is 4. The van der Waals surface area contributed by atoms with Crippen LogP contribution in [-0.2, 0) is 11.3 Å². The zero-order chi connectivity index (χ0) is 13.8. The molecule has 2 aromatic rings. The van der Waals surface area contributed by atoms with Crippen molar-refractivity contribution in [2.75, 3.05) is 20.0 Å². The van der Waals surface area contributed by atoms with E-state index < -0.39 is 5.97 Å². The van der Waals surface area contributed by atoms with E-state index in [0.717, 1.165) is 11.3 Å². The number of nitrogens with two attached hydrogens (primary N) is 1. The maximum Gasteiger partial charge on any atom is 0.376 e. The molecule has 0 atom stereocenters. The highest BCUT2D eigenvalue weighted by Gasteiger charge is 2.17. The van der Waals surface area contributed by atoms with Crippen LogP contribution in [0, 0.1) is 0 Å². The van der Waals surface area contributed by atoms with E-state index in [-0.39, 0.29) is 11.8 Å². The van der Waals surface area contributed by atoms with Gasteiger partial charge in [-0.1, -0.05) is 12.1 Å². The monoisotopic (exact) mass is 262 g/mol. The highest BCUT2D eigenvalue weighted by atomic mass is 16.5. The number of anilines is 1. The fourth-order valence-electron chi connectivity index (χ4n) is 1.63. The van der Waals surface area contributed by atoms with Crippen molar-refractivity contribution in [2.24, 2.45) is 0 Å². The van der Waals surface area contributed by atoms with Gasteiger partial charge in [0.15, 0.2) is 0 Å². The Morgan fingerprint density at radius 2 is 1.95 bits per heavy atom. The predicted octanol–water partition coefficient (Wildman–Crippen LogP) is 0.704. The van der Waals surface area contributed by atoms with Crippen LogP contribution in [0.25, 0.3) is 0 Å². The summed E-state index contributed by atoms with van der Waals surface area (Å²) in [6.45, 7) is 0.382. The fraction of sp³-hybridized carbons (Fsp3) is 0.250. The topological polar surface area (TPSA) is 92.3 Å². The molecule has 0 saturated heterocycles. The molecular formula is C12H14N4O3. The number of hydrogen-bond acceptors (Lipinski definition) is 6. The summed E-state index contributed by atoms with van der Waals surface area (Å²) < 4.78 is 11.2. The minimum atomic E-state index is -0.572. The zero-order valence-electron chi connectivity index (χ0n) is 10.7. The Labute approximate surface area is 110 Å². The molecule has 0 fully saturated rings. The molecule has 19 heavy (non-hydrogen) atoms. The van der Waals surface area contributed by atoms with E-state index in [1.807, 2.05) is 24.3 Å². The zero-order valence-corrected chi connectivity index (χ0v) is 10.7. The van der Waals surface area contributed by atoms with Crippen LogP contribution in [0.3, 0.4) is 0 Å². The molecule has 0 radical (unpaired) electrons. The van der Waals surface area contributed by atoms with Gasteiger partial charge in [-0.25, -0.2) is 4.79 Å². The maximum absolute atomic E-state index is 11.5. The summed E-state index contributed by atoms with van der Waals surface area (Å²) in [5, 5.41) is 7.39. The Balaban J connectivity index is 2.27. The summed E-state index contributed by atoms with van der Waals surface area (Å²) in [6.07, 6.45) is 0. The molecule has 0 amide bonds. The third-order valence-corrected chi connectivity index (χ3v) is 2.65. The van der Waals surface area contributed by atoms with Crippen LogP contribution in [0.2, 0.25) is 0 Å². The minimum Gasteiger partial charge on any atom is -0.497 e. The van der Waals surface area contributed by atoms with Gasteiger partial charge in [0.25, 0.3) is 0 Å². The number of esters is 1. The summed E-state index contributed by atoms with van der Waals surface area (Å²) in [4.78, 5) is 11.5. The molecule has 1 heterocycles. The fourth-order valence-corrected chi connectivity index (χ4v) is 1.63. The van der Waals surface area contributed by atoms with Gasteiger partial charge in [0.1, 0.15) is 5.75 Å². The summed E-state index contributed by atoms with van der Waals surface area (Å²) in [6, 6.07) is 7.40. The standard InChI is InChI=1S/C12H14N4O3/c1-18-9-5-3-8(4-6-9)7-16-10(11(17)19-2)14-15-12(16)13/h3-6H,7H2,1-2H3,(H2,13,15). The summed E-state index contributed by atoms with van der Waals surface area (Å²) in [5.74, 6) is 0.429. The second-order valence-electron chi connectivity index (χ2n) is 3.81. The molecule has 1 aromatic heterocycles. The molecule has 7 nitrogen and oxygen atoms in total. The van der Waals surface area contributed by atoms with Crippen LogP contribution >= 0.6 is 0 Å². The van der Waals surface area contributed by atoms with E-state index in [2.05, 4.69) is 14.9 Å². The lowest BCUT2D eigenvalue weighted by Crippen LogP contribution is -2.14. The molecule has 2 rings (SSSR count). The molecule has 0 aliphatic rings. The Kier molecular flexibility index (Phi) is 3.65. The van der Waals surface area contributed by atoms with Gasteiger partial charge in [-0.3, -0.25) is 4.57 Å². The Morgan fingerprint density at radius 1 is 1.26 bits per heavy atom. The Bertz CT molecular complexity index is 577. The molecule has 0 unspecified atom stereocenters. The average Bonchev–Trinajstić information content (AvgIpc) is 2.80. The van der Waals surface area contributed by atoms with Gasteiger partial charge in [-0.2, -0.15) is 0 Å². The number of carbonyl (C=O) groups excluding carboxylic acids is 1. The van der Waals surface area contributed by atoms with E-state index in [1.165, 1.54) is 11.7 Å². The molecule has 0 saturated carbocycles. The van der Waals surface area contributed by atoms with Gasteiger partial charge in [-0.15, -0.1) is 10.2 Å². The van der Waals surface area contributed by atoms with Crippen molar-refractivity contribution >= 4 is 11.9 Å². The number of nitrogens with zero attached hydrogens (tertiary/aromatic N) is 3. The van der Waals surface area contributed by atoms with Gasteiger partial charge in [0.2, 0.25) is 11.8 Å². The van der Waals surface area contributed by atoms with Crippen LogP contribution in [0.4, 0.5) is 5.95 Å². The van der Waals surface area contributed by atoms with Gasteiger partial charge in [0.05, 0.1) is 20.8 Å². The van der Waals surface area contributed by atoms with Crippen molar-refractivity contribution in [2.45, 2.75) is 6.54 Å². The number of methoxy groups -OCH3 is 2. The highest BCUT2D eigenvalue weighted by Crippen LogP contribution is 2.14. The Hall–Kier alpha value is -2.57. The molecule has 0 bridgehead atoms. The van der Waals surface area contributed by atoms with E-state index in [4.69, 9.17) is 10.5 Å². The number of aromatic nitrogens is 3. The number of benzene rings is 1. The SMILES string of the molecule is COC(=O)c1nnc(N)n1Cc1ccc(OC)cc1. The first-order chi connectivity index (χ1) is 9.15. The van der Waals surface area contributed by atoms with E-state index in [9.17, 15) is 4.79 Å². The van der Waals surface area contributed by atoms with E-state index in [1.54, 1.807) is 7.11 Å². The van der Waals surface area contributed by atoms with Crippen LogP contribution in [0.1, 0.15) is 16.2 Å². The number of carbonyl (C=O) groups is 1.